The van der Waals surface area contributed by atoms with Gasteiger partial charge in [-0.15, -0.1) is 0 Å². The van der Waals surface area contributed by atoms with Crippen LogP contribution < -0.4 is 10.1 Å². The summed E-state index contributed by atoms with van der Waals surface area (Å²) in [4.78, 5) is 12.4. The minimum atomic E-state index is -0.510. The van der Waals surface area contributed by atoms with Gasteiger partial charge >= 0.3 is 0 Å². The predicted octanol–water partition coefficient (Wildman–Crippen LogP) is 4.86. The van der Waals surface area contributed by atoms with E-state index >= 15 is 0 Å². The molecule has 0 heterocycles. The molecule has 4 heteroatoms. The molecule has 116 valence electrons. The topological polar surface area (TPSA) is 38.3 Å². The van der Waals surface area contributed by atoms with Crippen molar-refractivity contribution in [2.24, 2.45) is 0 Å². The highest BCUT2D eigenvalue weighted by atomic mass is 79.9. The number of ether oxygens (including phenoxy) is 1. The van der Waals surface area contributed by atoms with Crippen LogP contribution in [0.4, 0.5) is 5.69 Å². The maximum absolute atomic E-state index is 12.4. The maximum atomic E-state index is 12.4. The fourth-order valence-electron chi connectivity index (χ4n) is 2.08. The second-order valence-electron chi connectivity index (χ2n) is 5.21. The Balaban J connectivity index is 2.09. The number of hydrogen-bond donors (Lipinski definition) is 1. The van der Waals surface area contributed by atoms with Crippen LogP contribution >= 0.6 is 15.9 Å². The zero-order chi connectivity index (χ0) is 16.1. The molecule has 0 aliphatic carbocycles. The van der Waals surface area contributed by atoms with Crippen molar-refractivity contribution in [2.75, 3.05) is 5.32 Å². The Bertz CT molecular complexity index is 653. The van der Waals surface area contributed by atoms with Crippen LogP contribution in [0.5, 0.6) is 5.75 Å². The monoisotopic (exact) mass is 361 g/mol. The molecule has 1 N–H and O–H groups in total. The standard InChI is InChI=1S/C18H20BrNO2/c1-4-16(22-17-7-5-6-12(2)13(17)3)18(21)20-15-10-8-14(19)9-11-15/h5-11,16H,4H2,1-3H3,(H,20,21)/t16-/m0/s1. The van der Waals surface area contributed by atoms with Crippen molar-refractivity contribution in [3.8, 4) is 5.75 Å². The van der Waals surface area contributed by atoms with Gasteiger partial charge in [0.05, 0.1) is 0 Å². The first-order valence-electron chi connectivity index (χ1n) is 7.30. The number of benzene rings is 2. The van der Waals surface area contributed by atoms with Gasteiger partial charge in [-0.2, -0.15) is 0 Å². The number of rotatable bonds is 5. The number of halogens is 1. The summed E-state index contributed by atoms with van der Waals surface area (Å²) in [6.07, 6.45) is 0.0968. The normalized spacial score (nSPS) is 11.8. The summed E-state index contributed by atoms with van der Waals surface area (Å²) in [7, 11) is 0. The number of anilines is 1. The third-order valence-electron chi connectivity index (χ3n) is 3.60. The van der Waals surface area contributed by atoms with Crippen LogP contribution in [-0.2, 0) is 4.79 Å². The van der Waals surface area contributed by atoms with E-state index in [1.165, 1.54) is 0 Å². The summed E-state index contributed by atoms with van der Waals surface area (Å²) >= 11 is 3.38. The van der Waals surface area contributed by atoms with Gasteiger partial charge in [-0.3, -0.25) is 4.79 Å². The molecule has 0 aliphatic heterocycles. The Morgan fingerprint density at radius 1 is 1.18 bits per heavy atom. The Kier molecular flexibility index (Phi) is 5.61. The number of amides is 1. The second-order valence-corrected chi connectivity index (χ2v) is 6.12. The minimum Gasteiger partial charge on any atom is -0.480 e. The zero-order valence-electron chi connectivity index (χ0n) is 13.0. The highest BCUT2D eigenvalue weighted by molar-refractivity contribution is 9.10. The van der Waals surface area contributed by atoms with Gasteiger partial charge in [0.1, 0.15) is 5.75 Å². The van der Waals surface area contributed by atoms with Crippen LogP contribution in [0, 0.1) is 13.8 Å². The molecule has 0 saturated carbocycles. The molecule has 2 rings (SSSR count). The number of aryl methyl sites for hydroxylation is 1. The molecule has 0 aliphatic rings. The van der Waals surface area contributed by atoms with E-state index in [2.05, 4.69) is 21.2 Å². The number of hydrogen-bond acceptors (Lipinski definition) is 2. The van der Waals surface area contributed by atoms with E-state index in [1.807, 2.05) is 63.2 Å². The molecule has 1 atom stereocenters. The van der Waals surface area contributed by atoms with Crippen LogP contribution in [0.2, 0.25) is 0 Å². The van der Waals surface area contributed by atoms with Crippen molar-refractivity contribution >= 4 is 27.5 Å². The highest BCUT2D eigenvalue weighted by Gasteiger charge is 2.19. The molecule has 0 bridgehead atoms. The van der Waals surface area contributed by atoms with Crippen molar-refractivity contribution in [2.45, 2.75) is 33.3 Å². The fourth-order valence-corrected chi connectivity index (χ4v) is 2.35. The molecule has 0 radical (unpaired) electrons. The summed E-state index contributed by atoms with van der Waals surface area (Å²) in [5, 5.41) is 2.89. The first-order valence-corrected chi connectivity index (χ1v) is 8.10. The number of carbonyl (C=O) groups is 1. The van der Waals surface area contributed by atoms with Gasteiger partial charge in [-0.1, -0.05) is 35.0 Å². The maximum Gasteiger partial charge on any atom is 0.265 e. The lowest BCUT2D eigenvalue weighted by atomic mass is 10.1. The molecule has 22 heavy (non-hydrogen) atoms. The van der Waals surface area contributed by atoms with E-state index in [9.17, 15) is 4.79 Å². The summed E-state index contributed by atoms with van der Waals surface area (Å²) in [6.45, 7) is 5.98. The Morgan fingerprint density at radius 2 is 1.86 bits per heavy atom. The number of nitrogens with one attached hydrogen (secondary N) is 1. The molecule has 0 aromatic heterocycles. The Labute approximate surface area is 139 Å². The van der Waals surface area contributed by atoms with Gasteiger partial charge in [0.2, 0.25) is 0 Å². The van der Waals surface area contributed by atoms with Crippen LogP contribution in [-0.4, -0.2) is 12.0 Å². The van der Waals surface area contributed by atoms with Crippen molar-refractivity contribution in [1.82, 2.24) is 0 Å². The Morgan fingerprint density at radius 3 is 2.50 bits per heavy atom. The fraction of sp³-hybridized carbons (Fsp3) is 0.278. The quantitative estimate of drug-likeness (QED) is 0.825. The van der Waals surface area contributed by atoms with E-state index in [1.54, 1.807) is 0 Å². The zero-order valence-corrected chi connectivity index (χ0v) is 14.6. The lowest BCUT2D eigenvalue weighted by molar-refractivity contribution is -0.122. The van der Waals surface area contributed by atoms with Crippen LogP contribution in [0.25, 0.3) is 0 Å². The Hall–Kier alpha value is -1.81. The van der Waals surface area contributed by atoms with Gasteiger partial charge in [0, 0.05) is 10.2 Å². The molecule has 2 aromatic carbocycles. The third-order valence-corrected chi connectivity index (χ3v) is 4.13. The van der Waals surface area contributed by atoms with E-state index in [0.717, 1.165) is 27.0 Å². The molecular formula is C18H20BrNO2. The molecular weight excluding hydrogens is 342 g/mol. The predicted molar refractivity (Wildman–Crippen MR) is 93.4 cm³/mol. The lowest BCUT2D eigenvalue weighted by Crippen LogP contribution is -2.32. The molecule has 0 unspecified atom stereocenters. The highest BCUT2D eigenvalue weighted by Crippen LogP contribution is 2.23. The molecule has 1 amide bonds. The summed E-state index contributed by atoms with van der Waals surface area (Å²) in [6, 6.07) is 13.4. The first-order chi connectivity index (χ1) is 10.5. The van der Waals surface area contributed by atoms with E-state index in [0.29, 0.717) is 6.42 Å². The SMILES string of the molecule is CC[C@H](Oc1cccc(C)c1C)C(=O)Nc1ccc(Br)cc1. The smallest absolute Gasteiger partial charge is 0.265 e. The van der Waals surface area contributed by atoms with Crippen LogP contribution in [0.15, 0.2) is 46.9 Å². The molecule has 3 nitrogen and oxygen atoms in total. The minimum absolute atomic E-state index is 0.134. The second kappa shape index (κ2) is 7.45. The van der Waals surface area contributed by atoms with Gasteiger partial charge in [0.15, 0.2) is 6.10 Å². The van der Waals surface area contributed by atoms with Crippen molar-refractivity contribution in [3.05, 3.63) is 58.1 Å². The van der Waals surface area contributed by atoms with Crippen molar-refractivity contribution in [3.63, 3.8) is 0 Å². The van der Waals surface area contributed by atoms with E-state index in [-0.39, 0.29) is 5.91 Å². The van der Waals surface area contributed by atoms with Gasteiger partial charge in [-0.05, 0) is 61.7 Å². The first kappa shape index (κ1) is 16.6. The molecule has 2 aromatic rings. The summed E-state index contributed by atoms with van der Waals surface area (Å²) in [5.41, 5.74) is 2.98. The molecule has 0 spiro atoms. The average molecular weight is 362 g/mol. The molecule has 0 saturated heterocycles. The average Bonchev–Trinajstić information content (AvgIpc) is 2.51. The largest absolute Gasteiger partial charge is 0.480 e. The number of carbonyl (C=O) groups excluding carboxylic acids is 1. The van der Waals surface area contributed by atoms with Crippen molar-refractivity contribution in [1.29, 1.82) is 0 Å². The summed E-state index contributed by atoms with van der Waals surface area (Å²) < 4.78 is 6.89. The third kappa shape index (κ3) is 4.10. The summed E-state index contributed by atoms with van der Waals surface area (Å²) in [5.74, 6) is 0.628. The molecule has 0 fully saturated rings. The van der Waals surface area contributed by atoms with Gasteiger partial charge in [-0.25, -0.2) is 0 Å². The van der Waals surface area contributed by atoms with Crippen LogP contribution in [0.3, 0.4) is 0 Å². The van der Waals surface area contributed by atoms with E-state index in [4.69, 9.17) is 4.74 Å². The van der Waals surface area contributed by atoms with Gasteiger partial charge < -0.3 is 10.1 Å². The van der Waals surface area contributed by atoms with Crippen LogP contribution in [0.1, 0.15) is 24.5 Å². The van der Waals surface area contributed by atoms with Crippen molar-refractivity contribution < 1.29 is 9.53 Å². The lowest BCUT2D eigenvalue weighted by Gasteiger charge is -2.19. The van der Waals surface area contributed by atoms with E-state index < -0.39 is 6.10 Å². The van der Waals surface area contributed by atoms with Gasteiger partial charge in [0.25, 0.3) is 5.91 Å².